The normalized spacial score (nSPS) is 10.3. The van der Waals surface area contributed by atoms with Crippen molar-refractivity contribution in [1.29, 1.82) is 0 Å². The van der Waals surface area contributed by atoms with E-state index in [-0.39, 0.29) is 5.56 Å². The average molecular weight is 340 g/mol. The van der Waals surface area contributed by atoms with Crippen LogP contribution in [0.3, 0.4) is 0 Å². The smallest absolute Gasteiger partial charge is 0.338 e. The van der Waals surface area contributed by atoms with Gasteiger partial charge in [-0.25, -0.2) is 4.79 Å². The Morgan fingerprint density at radius 2 is 2.20 bits per heavy atom. The number of rotatable bonds is 5. The molecule has 0 aliphatic rings. The number of hydrogen-bond donors (Lipinski definition) is 2. The number of aryl methyl sites for hydroxylation is 1. The first-order chi connectivity index (χ1) is 9.51. The van der Waals surface area contributed by atoms with Gasteiger partial charge in [0.25, 0.3) is 0 Å². The van der Waals surface area contributed by atoms with Crippen molar-refractivity contribution in [3.8, 4) is 5.75 Å². The van der Waals surface area contributed by atoms with Crippen LogP contribution in [0, 0.1) is 6.92 Å². The van der Waals surface area contributed by atoms with Crippen molar-refractivity contribution in [3.05, 3.63) is 45.8 Å². The maximum Gasteiger partial charge on any atom is 0.338 e. The molecule has 0 fully saturated rings. The molecule has 0 unspecified atom stereocenters. The van der Waals surface area contributed by atoms with Gasteiger partial charge in [0.15, 0.2) is 0 Å². The van der Waals surface area contributed by atoms with E-state index in [0.29, 0.717) is 18.1 Å². The van der Waals surface area contributed by atoms with Crippen molar-refractivity contribution in [1.82, 2.24) is 0 Å². The number of ether oxygens (including phenoxy) is 1. The van der Waals surface area contributed by atoms with Crippen molar-refractivity contribution in [2.45, 2.75) is 13.5 Å². The third-order valence-electron chi connectivity index (χ3n) is 2.82. The highest BCUT2D eigenvalue weighted by molar-refractivity contribution is 9.10. The SMILES string of the molecule is COc1cc(Br)cc(C)c1NCc1cc(C(=O)O)co1. The molecule has 2 N–H and O–H groups in total. The lowest BCUT2D eigenvalue weighted by atomic mass is 10.2. The number of carboxylic acids is 1. The summed E-state index contributed by atoms with van der Waals surface area (Å²) in [4.78, 5) is 10.8. The first-order valence-electron chi connectivity index (χ1n) is 5.90. The molecule has 0 saturated carbocycles. The molecule has 0 bridgehead atoms. The zero-order valence-electron chi connectivity index (χ0n) is 11.1. The molecule has 0 aliphatic carbocycles. The summed E-state index contributed by atoms with van der Waals surface area (Å²) in [6.07, 6.45) is 1.23. The molecule has 5 nitrogen and oxygen atoms in total. The Labute approximate surface area is 124 Å². The fraction of sp³-hybridized carbons (Fsp3) is 0.214. The van der Waals surface area contributed by atoms with Crippen molar-refractivity contribution >= 4 is 27.6 Å². The van der Waals surface area contributed by atoms with Gasteiger partial charge in [-0.15, -0.1) is 0 Å². The largest absolute Gasteiger partial charge is 0.495 e. The number of aromatic carboxylic acids is 1. The minimum absolute atomic E-state index is 0.140. The molecule has 0 amide bonds. The Morgan fingerprint density at radius 3 is 2.80 bits per heavy atom. The van der Waals surface area contributed by atoms with Gasteiger partial charge in [0.05, 0.1) is 24.9 Å². The monoisotopic (exact) mass is 339 g/mol. The van der Waals surface area contributed by atoms with Crippen LogP contribution in [0.1, 0.15) is 21.7 Å². The van der Waals surface area contributed by atoms with Gasteiger partial charge in [-0.3, -0.25) is 0 Å². The fourth-order valence-corrected chi connectivity index (χ4v) is 2.41. The van der Waals surface area contributed by atoms with Crippen LogP contribution in [-0.4, -0.2) is 18.2 Å². The summed E-state index contributed by atoms with van der Waals surface area (Å²) in [7, 11) is 1.60. The maximum atomic E-state index is 10.8. The van der Waals surface area contributed by atoms with Gasteiger partial charge in [0.2, 0.25) is 0 Å². The van der Waals surface area contributed by atoms with Gasteiger partial charge in [-0.05, 0) is 30.7 Å². The van der Waals surface area contributed by atoms with E-state index in [0.717, 1.165) is 15.7 Å². The van der Waals surface area contributed by atoms with E-state index < -0.39 is 5.97 Å². The zero-order valence-corrected chi connectivity index (χ0v) is 12.7. The highest BCUT2D eigenvalue weighted by Crippen LogP contribution is 2.32. The second-order valence-electron chi connectivity index (χ2n) is 4.26. The molecule has 1 aromatic carbocycles. The van der Waals surface area contributed by atoms with E-state index in [2.05, 4.69) is 21.2 Å². The Kier molecular flexibility index (Phi) is 4.34. The van der Waals surface area contributed by atoms with Crippen LogP contribution in [0.25, 0.3) is 0 Å². The number of carboxylic acid groups (broad SMARTS) is 1. The lowest BCUT2D eigenvalue weighted by Crippen LogP contribution is -2.03. The summed E-state index contributed by atoms with van der Waals surface area (Å²) in [6, 6.07) is 5.33. The van der Waals surface area contributed by atoms with E-state index in [1.54, 1.807) is 7.11 Å². The molecular formula is C14H14BrNO4. The van der Waals surface area contributed by atoms with E-state index in [1.165, 1.54) is 12.3 Å². The molecule has 1 aromatic heterocycles. The summed E-state index contributed by atoms with van der Waals surface area (Å²) in [5, 5.41) is 12.0. The Hall–Kier alpha value is -1.95. The van der Waals surface area contributed by atoms with Crippen LogP contribution in [0.5, 0.6) is 5.75 Å². The van der Waals surface area contributed by atoms with Crippen LogP contribution >= 0.6 is 15.9 Å². The van der Waals surface area contributed by atoms with Gasteiger partial charge in [-0.2, -0.15) is 0 Å². The average Bonchev–Trinajstić information content (AvgIpc) is 2.85. The summed E-state index contributed by atoms with van der Waals surface area (Å²) < 4.78 is 11.4. The number of furan rings is 1. The van der Waals surface area contributed by atoms with Gasteiger partial charge in [0.1, 0.15) is 17.8 Å². The predicted octanol–water partition coefficient (Wildman–Crippen LogP) is 3.67. The first-order valence-corrected chi connectivity index (χ1v) is 6.69. The zero-order chi connectivity index (χ0) is 14.7. The number of halogens is 1. The summed E-state index contributed by atoms with van der Waals surface area (Å²) in [5.74, 6) is 0.256. The number of benzene rings is 1. The van der Waals surface area contributed by atoms with Gasteiger partial charge < -0.3 is 19.6 Å². The molecule has 0 radical (unpaired) electrons. The second-order valence-corrected chi connectivity index (χ2v) is 5.18. The number of methoxy groups -OCH3 is 1. The Bertz CT molecular complexity index is 636. The molecule has 6 heteroatoms. The van der Waals surface area contributed by atoms with Crippen molar-refractivity contribution in [2.24, 2.45) is 0 Å². The van der Waals surface area contributed by atoms with Crippen LogP contribution in [0.4, 0.5) is 5.69 Å². The highest BCUT2D eigenvalue weighted by atomic mass is 79.9. The molecule has 2 aromatic rings. The fourth-order valence-electron chi connectivity index (χ4n) is 1.86. The molecule has 0 saturated heterocycles. The maximum absolute atomic E-state index is 10.8. The standard InChI is InChI=1S/C14H14BrNO4/c1-8-3-10(15)5-12(19-2)13(8)16-6-11-4-9(7-20-11)14(17)18/h3-5,7,16H,6H2,1-2H3,(H,17,18). The number of nitrogens with one attached hydrogen (secondary N) is 1. The quantitative estimate of drug-likeness (QED) is 0.869. The minimum atomic E-state index is -1.00. The highest BCUT2D eigenvalue weighted by Gasteiger charge is 2.11. The van der Waals surface area contributed by atoms with Gasteiger partial charge >= 0.3 is 5.97 Å². The van der Waals surface area contributed by atoms with Crippen LogP contribution in [-0.2, 0) is 6.54 Å². The number of hydrogen-bond acceptors (Lipinski definition) is 4. The molecule has 20 heavy (non-hydrogen) atoms. The van der Waals surface area contributed by atoms with Gasteiger partial charge in [0, 0.05) is 4.47 Å². The molecule has 0 spiro atoms. The summed E-state index contributed by atoms with van der Waals surface area (Å²) in [5.41, 5.74) is 2.01. The predicted molar refractivity (Wildman–Crippen MR) is 78.4 cm³/mol. The van der Waals surface area contributed by atoms with Gasteiger partial charge in [-0.1, -0.05) is 15.9 Å². The van der Waals surface area contributed by atoms with Crippen molar-refractivity contribution < 1.29 is 19.1 Å². The lowest BCUT2D eigenvalue weighted by Gasteiger charge is -2.13. The number of anilines is 1. The van der Waals surface area contributed by atoms with E-state index >= 15 is 0 Å². The van der Waals surface area contributed by atoms with E-state index in [4.69, 9.17) is 14.3 Å². The topological polar surface area (TPSA) is 71.7 Å². The van der Waals surface area contributed by atoms with Crippen LogP contribution in [0.2, 0.25) is 0 Å². The lowest BCUT2D eigenvalue weighted by molar-refractivity contribution is 0.0696. The Morgan fingerprint density at radius 1 is 1.45 bits per heavy atom. The summed E-state index contributed by atoms with van der Waals surface area (Å²) in [6.45, 7) is 2.34. The van der Waals surface area contributed by atoms with Crippen LogP contribution in [0.15, 0.2) is 33.4 Å². The number of carbonyl (C=O) groups is 1. The van der Waals surface area contributed by atoms with Crippen LogP contribution < -0.4 is 10.1 Å². The van der Waals surface area contributed by atoms with E-state index in [9.17, 15) is 4.79 Å². The second kappa shape index (κ2) is 6.00. The third-order valence-corrected chi connectivity index (χ3v) is 3.28. The third kappa shape index (κ3) is 3.14. The Balaban J connectivity index is 2.16. The van der Waals surface area contributed by atoms with Crippen molar-refractivity contribution in [2.75, 3.05) is 12.4 Å². The molecule has 106 valence electrons. The van der Waals surface area contributed by atoms with E-state index in [1.807, 2.05) is 19.1 Å². The minimum Gasteiger partial charge on any atom is -0.495 e. The molecular weight excluding hydrogens is 326 g/mol. The first kappa shape index (κ1) is 14.5. The summed E-state index contributed by atoms with van der Waals surface area (Å²) >= 11 is 3.41. The molecule has 0 aliphatic heterocycles. The molecule has 0 atom stereocenters. The van der Waals surface area contributed by atoms with Crippen molar-refractivity contribution in [3.63, 3.8) is 0 Å². The molecule has 1 heterocycles. The molecule has 2 rings (SSSR count).